The summed E-state index contributed by atoms with van der Waals surface area (Å²) in [5, 5.41) is 3.13. The van der Waals surface area contributed by atoms with E-state index in [9.17, 15) is 4.79 Å². The van der Waals surface area contributed by atoms with E-state index >= 15 is 0 Å². The predicted octanol–water partition coefficient (Wildman–Crippen LogP) is 5.34. The predicted molar refractivity (Wildman–Crippen MR) is 121 cm³/mol. The van der Waals surface area contributed by atoms with Gasteiger partial charge in [-0.15, -0.1) is 11.8 Å². The molecule has 1 aliphatic heterocycles. The van der Waals surface area contributed by atoms with Crippen LogP contribution in [0.4, 0.5) is 5.69 Å². The van der Waals surface area contributed by atoms with Crippen molar-refractivity contribution in [3.63, 3.8) is 0 Å². The fraction of sp³-hybridized carbons (Fsp3) is 0.458. The first-order valence-corrected chi connectivity index (χ1v) is 11.4. The van der Waals surface area contributed by atoms with Crippen LogP contribution in [0.3, 0.4) is 0 Å². The summed E-state index contributed by atoms with van der Waals surface area (Å²) in [5.41, 5.74) is 5.04. The highest BCUT2D eigenvalue weighted by molar-refractivity contribution is 7.99. The molecule has 3 rings (SSSR count). The fourth-order valence-corrected chi connectivity index (χ4v) is 4.55. The molecule has 0 bridgehead atoms. The lowest BCUT2D eigenvalue weighted by Gasteiger charge is -2.32. The molecule has 1 heterocycles. The number of hydrogen-bond donors (Lipinski definition) is 1. The summed E-state index contributed by atoms with van der Waals surface area (Å²) in [5.74, 6) is 2.30. The van der Waals surface area contributed by atoms with Crippen molar-refractivity contribution in [3.05, 3.63) is 65.2 Å². The minimum absolute atomic E-state index is 0.0296. The number of rotatable bonds is 7. The van der Waals surface area contributed by atoms with Gasteiger partial charge in [0, 0.05) is 24.5 Å². The van der Waals surface area contributed by atoms with Crippen LogP contribution in [0.2, 0.25) is 0 Å². The van der Waals surface area contributed by atoms with Gasteiger partial charge in [-0.2, -0.15) is 0 Å². The molecule has 150 valence electrons. The zero-order valence-corrected chi connectivity index (χ0v) is 18.1. The van der Waals surface area contributed by atoms with Crippen molar-refractivity contribution >= 4 is 23.4 Å². The maximum Gasteiger partial charge on any atom is 0.230 e. The third kappa shape index (κ3) is 5.78. The van der Waals surface area contributed by atoms with E-state index in [0.29, 0.717) is 5.75 Å². The third-order valence-electron chi connectivity index (χ3n) is 5.67. The van der Waals surface area contributed by atoms with E-state index in [1.54, 1.807) is 11.8 Å². The monoisotopic (exact) mass is 396 g/mol. The van der Waals surface area contributed by atoms with Crippen molar-refractivity contribution in [1.82, 2.24) is 5.32 Å². The molecule has 2 aromatic rings. The molecule has 1 saturated heterocycles. The van der Waals surface area contributed by atoms with Gasteiger partial charge in [0.1, 0.15) is 0 Å². The first-order chi connectivity index (χ1) is 13.5. The number of hydrogen-bond acceptors (Lipinski definition) is 3. The van der Waals surface area contributed by atoms with Crippen molar-refractivity contribution in [3.8, 4) is 0 Å². The summed E-state index contributed by atoms with van der Waals surface area (Å²) in [6.07, 6.45) is 2.54. The third-order valence-corrected chi connectivity index (χ3v) is 6.65. The Labute approximate surface area is 173 Å². The van der Waals surface area contributed by atoms with E-state index in [2.05, 4.69) is 79.5 Å². The minimum atomic E-state index is 0.0296. The number of nitrogens with one attached hydrogen (secondary N) is 1. The smallest absolute Gasteiger partial charge is 0.230 e. The second-order valence-corrected chi connectivity index (χ2v) is 8.96. The molecular formula is C24H32N2OS. The van der Waals surface area contributed by atoms with Gasteiger partial charge in [0.05, 0.1) is 11.8 Å². The Morgan fingerprint density at radius 3 is 2.50 bits per heavy atom. The molecule has 1 N–H and O–H groups in total. The summed E-state index contributed by atoms with van der Waals surface area (Å²) < 4.78 is 0. The van der Waals surface area contributed by atoms with E-state index in [4.69, 9.17) is 0 Å². The van der Waals surface area contributed by atoms with Crippen LogP contribution in [0.1, 0.15) is 49.4 Å². The highest BCUT2D eigenvalue weighted by Gasteiger charge is 2.16. The van der Waals surface area contributed by atoms with Crippen LogP contribution in [0, 0.1) is 12.8 Å². The molecule has 0 aromatic heterocycles. The number of carbonyl (C=O) groups is 1. The van der Waals surface area contributed by atoms with Crippen molar-refractivity contribution in [2.75, 3.05) is 23.7 Å². The first-order valence-electron chi connectivity index (χ1n) is 10.3. The molecule has 0 aliphatic carbocycles. The Morgan fingerprint density at radius 1 is 1.14 bits per heavy atom. The number of nitrogens with zero attached hydrogens (tertiary/aromatic N) is 1. The van der Waals surface area contributed by atoms with Gasteiger partial charge in [0.25, 0.3) is 0 Å². The molecule has 1 atom stereocenters. The molecule has 0 saturated carbocycles. The van der Waals surface area contributed by atoms with Gasteiger partial charge < -0.3 is 10.2 Å². The number of anilines is 1. The number of thioether (sulfide) groups is 1. The molecular weight excluding hydrogens is 364 g/mol. The van der Waals surface area contributed by atoms with Gasteiger partial charge in [-0.1, -0.05) is 43.3 Å². The van der Waals surface area contributed by atoms with E-state index in [0.717, 1.165) is 30.3 Å². The van der Waals surface area contributed by atoms with Gasteiger partial charge in [-0.05, 0) is 61.4 Å². The summed E-state index contributed by atoms with van der Waals surface area (Å²) >= 11 is 1.67. The molecule has 28 heavy (non-hydrogen) atoms. The number of piperidine rings is 1. The number of carbonyl (C=O) groups excluding carboxylic acids is 1. The van der Waals surface area contributed by atoms with Crippen LogP contribution < -0.4 is 10.2 Å². The largest absolute Gasteiger partial charge is 0.372 e. The normalized spacial score (nSPS) is 16.0. The maximum absolute atomic E-state index is 12.3. The highest BCUT2D eigenvalue weighted by atomic mass is 32.2. The second-order valence-electron chi connectivity index (χ2n) is 7.97. The van der Waals surface area contributed by atoms with Gasteiger partial charge in [-0.3, -0.25) is 4.79 Å². The van der Waals surface area contributed by atoms with Gasteiger partial charge >= 0.3 is 0 Å². The van der Waals surface area contributed by atoms with E-state index in [1.165, 1.54) is 29.7 Å². The van der Waals surface area contributed by atoms with Crippen LogP contribution >= 0.6 is 11.8 Å². The molecule has 1 fully saturated rings. The molecule has 1 unspecified atom stereocenters. The van der Waals surface area contributed by atoms with E-state index in [-0.39, 0.29) is 11.9 Å². The Kier molecular flexibility index (Phi) is 7.43. The minimum Gasteiger partial charge on any atom is -0.372 e. The summed E-state index contributed by atoms with van der Waals surface area (Å²) in [6, 6.07) is 17.1. The van der Waals surface area contributed by atoms with Gasteiger partial charge in [0.15, 0.2) is 0 Å². The standard InChI is InChI=1S/C24H32N2OS/c1-18-12-14-26(15-13-18)23-10-8-21(9-11-23)20(3)25-24(27)17-28-16-22-7-5-4-6-19(22)2/h4-11,18,20H,12-17H2,1-3H3,(H,25,27). The van der Waals surface area contributed by atoms with Crippen molar-refractivity contribution in [1.29, 1.82) is 0 Å². The van der Waals surface area contributed by atoms with E-state index in [1.807, 2.05) is 0 Å². The molecule has 3 nitrogen and oxygen atoms in total. The topological polar surface area (TPSA) is 32.3 Å². The number of aryl methyl sites for hydroxylation is 1. The Morgan fingerprint density at radius 2 is 1.82 bits per heavy atom. The van der Waals surface area contributed by atoms with Crippen LogP contribution in [0.25, 0.3) is 0 Å². The van der Waals surface area contributed by atoms with Crippen molar-refractivity contribution in [2.45, 2.75) is 45.4 Å². The van der Waals surface area contributed by atoms with Crippen LogP contribution in [0.15, 0.2) is 48.5 Å². The summed E-state index contributed by atoms with van der Waals surface area (Å²) in [7, 11) is 0. The lowest BCUT2D eigenvalue weighted by atomic mass is 9.98. The zero-order valence-electron chi connectivity index (χ0n) is 17.3. The highest BCUT2D eigenvalue weighted by Crippen LogP contribution is 2.24. The molecule has 0 spiro atoms. The Hall–Kier alpha value is -1.94. The average Bonchev–Trinajstić information content (AvgIpc) is 2.70. The van der Waals surface area contributed by atoms with Crippen molar-refractivity contribution in [2.24, 2.45) is 5.92 Å². The van der Waals surface area contributed by atoms with Gasteiger partial charge in [0.2, 0.25) is 5.91 Å². The summed E-state index contributed by atoms with van der Waals surface area (Å²) in [4.78, 5) is 14.8. The fourth-order valence-electron chi connectivity index (χ4n) is 3.63. The van der Waals surface area contributed by atoms with Crippen LogP contribution in [0.5, 0.6) is 0 Å². The molecule has 0 radical (unpaired) electrons. The molecule has 1 aliphatic rings. The zero-order chi connectivity index (χ0) is 19.9. The van der Waals surface area contributed by atoms with Crippen LogP contribution in [-0.2, 0) is 10.5 Å². The van der Waals surface area contributed by atoms with Crippen molar-refractivity contribution < 1.29 is 4.79 Å². The lowest BCUT2D eigenvalue weighted by Crippen LogP contribution is -2.32. The molecule has 1 amide bonds. The first kappa shape index (κ1) is 20.8. The number of benzene rings is 2. The van der Waals surface area contributed by atoms with E-state index < -0.39 is 0 Å². The van der Waals surface area contributed by atoms with Crippen LogP contribution in [-0.4, -0.2) is 24.7 Å². The molecule has 2 aromatic carbocycles. The second kappa shape index (κ2) is 10.0. The Balaban J connectivity index is 1.45. The summed E-state index contributed by atoms with van der Waals surface area (Å²) in [6.45, 7) is 8.80. The lowest BCUT2D eigenvalue weighted by molar-refractivity contribution is -0.119. The molecule has 4 heteroatoms. The van der Waals surface area contributed by atoms with Gasteiger partial charge in [-0.25, -0.2) is 0 Å². The number of amides is 1. The SMILES string of the molecule is Cc1ccccc1CSCC(=O)NC(C)c1ccc(N2CCC(C)CC2)cc1. The quantitative estimate of drug-likeness (QED) is 0.685. The maximum atomic E-state index is 12.3. The Bertz CT molecular complexity index is 766. The average molecular weight is 397 g/mol.